The highest BCUT2D eigenvalue weighted by molar-refractivity contribution is 14.0. The van der Waals surface area contributed by atoms with Crippen LogP contribution in [0.4, 0.5) is 5.69 Å². The molecule has 3 rings (SSSR count). The zero-order valence-corrected chi connectivity index (χ0v) is 19.6. The number of hydrogen-bond donors (Lipinski definition) is 3. The van der Waals surface area contributed by atoms with Crippen molar-refractivity contribution in [1.82, 2.24) is 10.6 Å². The summed E-state index contributed by atoms with van der Waals surface area (Å²) in [5, 5.41) is 11.8. The number of carbonyl (C=O) groups is 1. The molecule has 152 valence electrons. The highest BCUT2D eigenvalue weighted by Gasteiger charge is 2.25. The van der Waals surface area contributed by atoms with Crippen LogP contribution in [0.15, 0.2) is 40.7 Å². The number of anilines is 1. The fourth-order valence-electron chi connectivity index (χ4n) is 2.92. The molecule has 1 fully saturated rings. The Labute approximate surface area is 188 Å². The first-order valence-corrected chi connectivity index (χ1v) is 10.5. The van der Waals surface area contributed by atoms with E-state index in [4.69, 9.17) is 0 Å². The van der Waals surface area contributed by atoms with E-state index in [1.54, 1.807) is 11.3 Å². The fraction of sp³-hybridized carbons (Fsp3) is 0.429. The molecule has 0 radical (unpaired) electrons. The average Bonchev–Trinajstić information content (AvgIpc) is 3.01. The number of nitrogens with one attached hydrogen (secondary N) is 3. The number of aliphatic imine (C=N–C) groups is 1. The van der Waals surface area contributed by atoms with Gasteiger partial charge in [0.05, 0.1) is 13.1 Å². The minimum Gasteiger partial charge on any atom is -0.357 e. The Morgan fingerprint density at radius 2 is 2.07 bits per heavy atom. The van der Waals surface area contributed by atoms with Gasteiger partial charge in [0.15, 0.2) is 5.96 Å². The van der Waals surface area contributed by atoms with Gasteiger partial charge in [0, 0.05) is 23.0 Å². The second-order valence-electron chi connectivity index (χ2n) is 6.89. The molecule has 1 heterocycles. The molecule has 0 saturated heterocycles. The maximum Gasteiger partial charge on any atom is 0.227 e. The minimum atomic E-state index is 0. The highest BCUT2D eigenvalue weighted by atomic mass is 127. The summed E-state index contributed by atoms with van der Waals surface area (Å²) in [6.07, 6.45) is 3.19. The van der Waals surface area contributed by atoms with Gasteiger partial charge in [0.2, 0.25) is 5.91 Å². The van der Waals surface area contributed by atoms with E-state index >= 15 is 0 Å². The highest BCUT2D eigenvalue weighted by Crippen LogP contribution is 2.27. The molecule has 7 heteroatoms. The maximum absolute atomic E-state index is 12.1. The molecule has 28 heavy (non-hydrogen) atoms. The van der Waals surface area contributed by atoms with Crippen LogP contribution in [-0.2, 0) is 17.9 Å². The van der Waals surface area contributed by atoms with Crippen LogP contribution >= 0.6 is 35.3 Å². The predicted octanol–water partition coefficient (Wildman–Crippen LogP) is 4.67. The number of nitrogens with zero attached hydrogens (tertiary/aromatic N) is 1. The summed E-state index contributed by atoms with van der Waals surface area (Å²) in [7, 11) is 0. The minimum absolute atomic E-state index is 0. The normalized spacial score (nSPS) is 14.0. The van der Waals surface area contributed by atoms with Crippen molar-refractivity contribution in [1.29, 1.82) is 0 Å². The van der Waals surface area contributed by atoms with E-state index in [1.165, 1.54) is 10.4 Å². The number of amides is 1. The van der Waals surface area contributed by atoms with Crippen LogP contribution in [0, 0.1) is 12.8 Å². The zero-order chi connectivity index (χ0) is 19.1. The smallest absolute Gasteiger partial charge is 0.227 e. The standard InChI is InChI=1S/C21H28N4OS.HI/c1-3-22-21(24-14-19-15(2)10-11-27-19)23-13-16-6-4-9-18(12-16)25-20(26)17-7-5-8-17;/h4,6,9-12,17H,3,5,7-8,13-14H2,1-2H3,(H,25,26)(H2,22,23,24);1H. The third-order valence-corrected chi connectivity index (χ3v) is 5.84. The van der Waals surface area contributed by atoms with Gasteiger partial charge in [-0.15, -0.1) is 35.3 Å². The van der Waals surface area contributed by atoms with Crippen molar-refractivity contribution in [2.24, 2.45) is 10.9 Å². The number of aryl methyl sites for hydroxylation is 1. The van der Waals surface area contributed by atoms with Crippen LogP contribution in [0.3, 0.4) is 0 Å². The Bertz CT molecular complexity index is 801. The molecular formula is C21H29IN4OS. The molecule has 0 bridgehead atoms. The fourth-order valence-corrected chi connectivity index (χ4v) is 3.77. The maximum atomic E-state index is 12.1. The molecule has 1 aromatic carbocycles. The predicted molar refractivity (Wildman–Crippen MR) is 129 cm³/mol. The van der Waals surface area contributed by atoms with Gasteiger partial charge in [-0.1, -0.05) is 18.6 Å². The second kappa shape index (κ2) is 11.4. The van der Waals surface area contributed by atoms with E-state index in [9.17, 15) is 4.79 Å². The molecule has 2 aromatic rings. The van der Waals surface area contributed by atoms with Crippen LogP contribution in [0.25, 0.3) is 0 Å². The molecule has 1 aromatic heterocycles. The van der Waals surface area contributed by atoms with Crippen molar-refractivity contribution < 1.29 is 4.79 Å². The molecule has 1 aliphatic rings. The van der Waals surface area contributed by atoms with Crippen molar-refractivity contribution in [3.63, 3.8) is 0 Å². The second-order valence-corrected chi connectivity index (χ2v) is 7.89. The summed E-state index contributed by atoms with van der Waals surface area (Å²) >= 11 is 1.76. The van der Waals surface area contributed by atoms with Crippen LogP contribution < -0.4 is 16.0 Å². The lowest BCUT2D eigenvalue weighted by atomic mass is 9.85. The number of halogens is 1. The first kappa shape index (κ1) is 22.7. The Balaban J connectivity index is 0.00000280. The van der Waals surface area contributed by atoms with Crippen LogP contribution in [0.5, 0.6) is 0 Å². The zero-order valence-electron chi connectivity index (χ0n) is 16.5. The Morgan fingerprint density at radius 1 is 1.25 bits per heavy atom. The van der Waals surface area contributed by atoms with Gasteiger partial charge in [-0.25, -0.2) is 4.99 Å². The average molecular weight is 512 g/mol. The van der Waals surface area contributed by atoms with E-state index in [2.05, 4.69) is 46.2 Å². The van der Waals surface area contributed by atoms with Gasteiger partial charge in [-0.05, 0) is 61.4 Å². The van der Waals surface area contributed by atoms with Gasteiger partial charge in [-0.3, -0.25) is 4.79 Å². The third kappa shape index (κ3) is 6.48. The SMILES string of the molecule is CCNC(=NCc1cccc(NC(=O)C2CCC2)c1)NCc1sccc1C.I. The number of benzene rings is 1. The molecule has 1 saturated carbocycles. The first-order chi connectivity index (χ1) is 13.2. The van der Waals surface area contributed by atoms with Gasteiger partial charge in [0.1, 0.15) is 0 Å². The van der Waals surface area contributed by atoms with Crippen molar-refractivity contribution >= 4 is 52.9 Å². The molecule has 0 unspecified atom stereocenters. The van der Waals surface area contributed by atoms with Gasteiger partial charge in [-0.2, -0.15) is 0 Å². The Kier molecular flexibility index (Phi) is 9.24. The molecule has 1 amide bonds. The Hall–Kier alpha value is -1.61. The van der Waals surface area contributed by atoms with Gasteiger partial charge < -0.3 is 16.0 Å². The Morgan fingerprint density at radius 3 is 2.71 bits per heavy atom. The summed E-state index contributed by atoms with van der Waals surface area (Å²) in [6, 6.07) is 10.1. The quantitative estimate of drug-likeness (QED) is 0.287. The molecule has 3 N–H and O–H groups in total. The molecule has 1 aliphatic carbocycles. The lowest BCUT2D eigenvalue weighted by Gasteiger charge is -2.24. The van der Waals surface area contributed by atoms with Crippen molar-refractivity contribution in [2.45, 2.75) is 46.2 Å². The third-order valence-electron chi connectivity index (χ3n) is 4.82. The summed E-state index contributed by atoms with van der Waals surface area (Å²) in [5.41, 5.74) is 3.23. The van der Waals surface area contributed by atoms with E-state index in [-0.39, 0.29) is 35.8 Å². The molecule has 5 nitrogen and oxygen atoms in total. The molecule has 0 atom stereocenters. The number of rotatable bonds is 7. The van der Waals surface area contributed by atoms with E-state index < -0.39 is 0 Å². The largest absolute Gasteiger partial charge is 0.357 e. The van der Waals surface area contributed by atoms with Crippen molar-refractivity contribution in [3.8, 4) is 0 Å². The molecule has 0 spiro atoms. The van der Waals surface area contributed by atoms with Crippen LogP contribution in [0.1, 0.15) is 42.2 Å². The molecular weight excluding hydrogens is 483 g/mol. The van der Waals surface area contributed by atoms with Gasteiger partial charge >= 0.3 is 0 Å². The summed E-state index contributed by atoms with van der Waals surface area (Å²) in [6.45, 7) is 6.33. The lowest BCUT2D eigenvalue weighted by Crippen LogP contribution is -2.36. The number of guanidine groups is 1. The van der Waals surface area contributed by atoms with E-state index in [1.807, 2.05) is 24.3 Å². The molecule has 0 aliphatic heterocycles. The van der Waals surface area contributed by atoms with Crippen molar-refractivity contribution in [2.75, 3.05) is 11.9 Å². The van der Waals surface area contributed by atoms with Crippen molar-refractivity contribution in [3.05, 3.63) is 51.7 Å². The monoisotopic (exact) mass is 512 g/mol. The summed E-state index contributed by atoms with van der Waals surface area (Å²) in [5.74, 6) is 1.13. The number of thiophene rings is 1. The lowest BCUT2D eigenvalue weighted by molar-refractivity contribution is -0.122. The van der Waals surface area contributed by atoms with E-state index in [0.717, 1.165) is 49.6 Å². The summed E-state index contributed by atoms with van der Waals surface area (Å²) < 4.78 is 0. The van der Waals surface area contributed by atoms with Gasteiger partial charge in [0.25, 0.3) is 0 Å². The number of hydrogen-bond acceptors (Lipinski definition) is 3. The number of carbonyl (C=O) groups excluding carboxylic acids is 1. The van der Waals surface area contributed by atoms with Crippen LogP contribution in [-0.4, -0.2) is 18.4 Å². The van der Waals surface area contributed by atoms with E-state index in [0.29, 0.717) is 6.54 Å². The first-order valence-electron chi connectivity index (χ1n) is 9.60. The summed E-state index contributed by atoms with van der Waals surface area (Å²) in [4.78, 5) is 18.1. The van der Waals surface area contributed by atoms with Crippen LogP contribution in [0.2, 0.25) is 0 Å². The topological polar surface area (TPSA) is 65.5 Å².